The van der Waals surface area contributed by atoms with Gasteiger partial charge in [-0.2, -0.15) is 0 Å². The highest BCUT2D eigenvalue weighted by Gasteiger charge is 2.23. The number of thiophene rings is 1. The van der Waals surface area contributed by atoms with Gasteiger partial charge in [-0.15, -0.1) is 11.3 Å². The van der Waals surface area contributed by atoms with Crippen molar-refractivity contribution >= 4 is 23.1 Å². The maximum Gasteiger partial charge on any atom is 0.226 e. The number of aliphatic imine (C=N–C) groups is 2. The normalized spacial score (nSPS) is 25.8. The molecule has 1 aromatic heterocycles. The molecule has 0 aromatic carbocycles. The predicted octanol–water partition coefficient (Wildman–Crippen LogP) is 2.86. The molecular formula is C14H18N2O2S. The molecule has 1 aromatic rings. The Hall–Kier alpha value is -1.36. The lowest BCUT2D eigenvalue weighted by atomic mass is 10.3. The summed E-state index contributed by atoms with van der Waals surface area (Å²) in [5.41, 5.74) is 0. The second-order valence-corrected chi connectivity index (χ2v) is 5.86. The summed E-state index contributed by atoms with van der Waals surface area (Å²) in [6.45, 7) is 5.67. The van der Waals surface area contributed by atoms with Crippen LogP contribution in [0.25, 0.3) is 0 Å². The van der Waals surface area contributed by atoms with Gasteiger partial charge in [-0.1, -0.05) is 13.8 Å². The van der Waals surface area contributed by atoms with Gasteiger partial charge in [0.15, 0.2) is 0 Å². The first-order chi connectivity index (χ1) is 9.30. The van der Waals surface area contributed by atoms with Crippen molar-refractivity contribution in [3.8, 4) is 0 Å². The van der Waals surface area contributed by atoms with E-state index >= 15 is 0 Å². The standard InChI is InChI=1S/C14H18N2O2S/c1-3-9-7-17-13(15-9)11-5-6-12(19-11)14-16-10(4-2)8-18-14/h5-6,9-10H,3-4,7-8H2,1-2H3/t9-,10-/m0/s1. The van der Waals surface area contributed by atoms with Crippen LogP contribution in [0.1, 0.15) is 36.4 Å². The van der Waals surface area contributed by atoms with Gasteiger partial charge in [0, 0.05) is 0 Å². The van der Waals surface area contributed by atoms with Gasteiger partial charge in [-0.05, 0) is 25.0 Å². The summed E-state index contributed by atoms with van der Waals surface area (Å²) in [6, 6.07) is 4.71. The smallest absolute Gasteiger partial charge is 0.226 e. The minimum absolute atomic E-state index is 0.310. The van der Waals surface area contributed by atoms with Crippen LogP contribution < -0.4 is 0 Å². The molecule has 0 saturated carbocycles. The fraction of sp³-hybridized carbons (Fsp3) is 0.571. The van der Waals surface area contributed by atoms with Gasteiger partial charge in [-0.25, -0.2) is 9.98 Å². The van der Waals surface area contributed by atoms with Crippen molar-refractivity contribution in [2.45, 2.75) is 38.8 Å². The zero-order valence-corrected chi connectivity index (χ0v) is 12.1. The Kier molecular flexibility index (Phi) is 3.55. The van der Waals surface area contributed by atoms with Crippen molar-refractivity contribution in [2.75, 3.05) is 13.2 Å². The Morgan fingerprint density at radius 2 is 1.47 bits per heavy atom. The van der Waals surface area contributed by atoms with Gasteiger partial charge in [0.05, 0.1) is 21.8 Å². The van der Waals surface area contributed by atoms with E-state index in [1.807, 2.05) is 12.1 Å². The molecular weight excluding hydrogens is 260 g/mol. The molecule has 0 aliphatic carbocycles. The average molecular weight is 278 g/mol. The van der Waals surface area contributed by atoms with Crippen LogP contribution in [0.2, 0.25) is 0 Å². The van der Waals surface area contributed by atoms with E-state index in [1.54, 1.807) is 11.3 Å². The van der Waals surface area contributed by atoms with Crippen molar-refractivity contribution in [3.05, 3.63) is 21.9 Å². The highest BCUT2D eigenvalue weighted by atomic mass is 32.1. The van der Waals surface area contributed by atoms with Gasteiger partial charge in [0.1, 0.15) is 13.2 Å². The lowest BCUT2D eigenvalue weighted by Crippen LogP contribution is -2.03. The molecule has 0 N–H and O–H groups in total. The van der Waals surface area contributed by atoms with Crippen LogP contribution in [0, 0.1) is 0 Å². The van der Waals surface area contributed by atoms with Gasteiger partial charge in [0.2, 0.25) is 11.8 Å². The molecule has 0 amide bonds. The quantitative estimate of drug-likeness (QED) is 0.850. The van der Waals surface area contributed by atoms with E-state index in [2.05, 4.69) is 23.8 Å². The molecule has 0 spiro atoms. The average Bonchev–Trinajstić information content (AvgIpc) is 3.16. The van der Waals surface area contributed by atoms with Crippen LogP contribution >= 0.6 is 11.3 Å². The Bertz CT molecular complexity index is 477. The molecule has 0 unspecified atom stereocenters. The lowest BCUT2D eigenvalue weighted by Gasteiger charge is -1.98. The second-order valence-electron chi connectivity index (χ2n) is 4.78. The maximum absolute atomic E-state index is 5.64. The molecule has 102 valence electrons. The molecule has 0 fully saturated rings. The number of nitrogens with zero attached hydrogens (tertiary/aromatic N) is 2. The highest BCUT2D eigenvalue weighted by Crippen LogP contribution is 2.24. The van der Waals surface area contributed by atoms with Crippen molar-refractivity contribution in [2.24, 2.45) is 9.98 Å². The van der Waals surface area contributed by atoms with E-state index in [1.165, 1.54) is 0 Å². The predicted molar refractivity (Wildman–Crippen MR) is 77.5 cm³/mol. The zero-order chi connectivity index (χ0) is 13.2. The van der Waals surface area contributed by atoms with E-state index in [0.29, 0.717) is 25.3 Å². The van der Waals surface area contributed by atoms with E-state index in [4.69, 9.17) is 9.47 Å². The summed E-state index contributed by atoms with van der Waals surface area (Å²) >= 11 is 1.64. The number of hydrogen-bond donors (Lipinski definition) is 0. The number of rotatable bonds is 4. The van der Waals surface area contributed by atoms with Crippen LogP contribution in [0.4, 0.5) is 0 Å². The molecule has 0 saturated heterocycles. The van der Waals surface area contributed by atoms with Crippen molar-refractivity contribution in [1.82, 2.24) is 0 Å². The summed E-state index contributed by atoms with van der Waals surface area (Å²) in [4.78, 5) is 11.3. The molecule has 19 heavy (non-hydrogen) atoms. The first-order valence-electron chi connectivity index (χ1n) is 6.82. The SMILES string of the molecule is CC[C@H]1COC(c2ccc(C3=N[C@@H](CC)CO3)s2)=N1. The topological polar surface area (TPSA) is 43.2 Å². The van der Waals surface area contributed by atoms with Crippen LogP contribution in [0.5, 0.6) is 0 Å². The third-order valence-electron chi connectivity index (χ3n) is 3.39. The second kappa shape index (κ2) is 5.33. The van der Waals surface area contributed by atoms with E-state index < -0.39 is 0 Å². The minimum atomic E-state index is 0.310. The van der Waals surface area contributed by atoms with E-state index in [0.717, 1.165) is 34.4 Å². The molecule has 2 aliphatic heterocycles. The highest BCUT2D eigenvalue weighted by molar-refractivity contribution is 7.16. The summed E-state index contributed by atoms with van der Waals surface area (Å²) < 4.78 is 11.3. The molecule has 2 aliphatic rings. The molecule has 2 atom stereocenters. The van der Waals surface area contributed by atoms with Crippen LogP contribution in [-0.2, 0) is 9.47 Å². The fourth-order valence-electron chi connectivity index (χ4n) is 2.09. The summed E-state index contributed by atoms with van der Waals surface area (Å²) in [7, 11) is 0. The van der Waals surface area contributed by atoms with Crippen LogP contribution in [-0.4, -0.2) is 37.1 Å². The molecule has 3 rings (SSSR count). The summed E-state index contributed by atoms with van der Waals surface area (Å²) in [6.07, 6.45) is 2.05. The third kappa shape index (κ3) is 2.52. The Balaban J connectivity index is 1.77. The third-order valence-corrected chi connectivity index (χ3v) is 4.46. The Labute approximate surface area is 117 Å². The van der Waals surface area contributed by atoms with Crippen molar-refractivity contribution in [3.63, 3.8) is 0 Å². The first kappa shape index (κ1) is 12.7. The summed E-state index contributed by atoms with van der Waals surface area (Å²) in [5, 5.41) is 0. The molecule has 5 heteroatoms. The van der Waals surface area contributed by atoms with Gasteiger partial charge in [-0.3, -0.25) is 0 Å². The minimum Gasteiger partial charge on any atom is -0.475 e. The number of hydrogen-bond acceptors (Lipinski definition) is 5. The van der Waals surface area contributed by atoms with Gasteiger partial charge < -0.3 is 9.47 Å². The van der Waals surface area contributed by atoms with Gasteiger partial charge >= 0.3 is 0 Å². The zero-order valence-electron chi connectivity index (χ0n) is 11.3. The van der Waals surface area contributed by atoms with E-state index in [-0.39, 0.29) is 0 Å². The Morgan fingerprint density at radius 1 is 1.00 bits per heavy atom. The molecule has 4 nitrogen and oxygen atoms in total. The van der Waals surface area contributed by atoms with Crippen molar-refractivity contribution < 1.29 is 9.47 Å². The molecule has 3 heterocycles. The maximum atomic E-state index is 5.64. The van der Waals surface area contributed by atoms with Crippen molar-refractivity contribution in [1.29, 1.82) is 0 Å². The Morgan fingerprint density at radius 3 is 1.84 bits per heavy atom. The van der Waals surface area contributed by atoms with Gasteiger partial charge in [0.25, 0.3) is 0 Å². The number of ether oxygens (including phenoxy) is 2. The molecule has 0 radical (unpaired) electrons. The van der Waals surface area contributed by atoms with Crippen LogP contribution in [0.15, 0.2) is 22.1 Å². The lowest BCUT2D eigenvalue weighted by molar-refractivity contribution is 0.315. The van der Waals surface area contributed by atoms with E-state index in [9.17, 15) is 0 Å². The monoisotopic (exact) mass is 278 g/mol. The molecule has 0 bridgehead atoms. The van der Waals surface area contributed by atoms with Crippen LogP contribution in [0.3, 0.4) is 0 Å². The fourth-order valence-corrected chi connectivity index (χ4v) is 2.99. The largest absolute Gasteiger partial charge is 0.475 e. The summed E-state index contributed by atoms with van der Waals surface area (Å²) in [5.74, 6) is 1.54. The first-order valence-corrected chi connectivity index (χ1v) is 7.63.